The molecular formula is C22H22N2O5. The highest BCUT2D eigenvalue weighted by Crippen LogP contribution is 2.46. The van der Waals surface area contributed by atoms with E-state index in [4.69, 9.17) is 5.11 Å². The number of carboxylic acids is 1. The highest BCUT2D eigenvalue weighted by atomic mass is 16.4. The van der Waals surface area contributed by atoms with Crippen molar-refractivity contribution >= 4 is 23.4 Å². The first-order valence-corrected chi connectivity index (χ1v) is 9.72. The van der Waals surface area contributed by atoms with Gasteiger partial charge in [0.15, 0.2) is 11.5 Å². The third-order valence-electron chi connectivity index (χ3n) is 5.82. The van der Waals surface area contributed by atoms with Crippen LogP contribution in [-0.2, 0) is 19.9 Å². The fourth-order valence-corrected chi connectivity index (χ4v) is 4.53. The van der Waals surface area contributed by atoms with E-state index in [1.165, 1.54) is 0 Å². The molecule has 1 aromatic carbocycles. The summed E-state index contributed by atoms with van der Waals surface area (Å²) < 4.78 is 1.88. The van der Waals surface area contributed by atoms with Crippen LogP contribution in [0.2, 0.25) is 0 Å². The predicted molar refractivity (Wildman–Crippen MR) is 106 cm³/mol. The molecule has 2 aromatic rings. The van der Waals surface area contributed by atoms with E-state index in [9.17, 15) is 19.5 Å². The van der Waals surface area contributed by atoms with E-state index < -0.39 is 35.5 Å². The number of Topliss-reactive ketones (excluding diaryl/α,β-unsaturated/α-hetero) is 1. The normalized spacial score (nSPS) is 17.9. The third-order valence-corrected chi connectivity index (χ3v) is 5.82. The van der Waals surface area contributed by atoms with Gasteiger partial charge in [-0.2, -0.15) is 0 Å². The van der Waals surface area contributed by atoms with Crippen LogP contribution in [0.4, 0.5) is 0 Å². The Morgan fingerprint density at radius 3 is 2.31 bits per heavy atom. The number of benzene rings is 1. The molecule has 29 heavy (non-hydrogen) atoms. The van der Waals surface area contributed by atoms with E-state index >= 15 is 0 Å². The minimum Gasteiger partial charge on any atom is -0.505 e. The zero-order chi connectivity index (χ0) is 20.6. The van der Waals surface area contributed by atoms with Gasteiger partial charge in [0.25, 0.3) is 5.91 Å². The van der Waals surface area contributed by atoms with Crippen molar-refractivity contribution in [1.82, 2.24) is 9.88 Å². The number of hydrogen-bond acceptors (Lipinski definition) is 4. The second-order valence-corrected chi connectivity index (χ2v) is 7.53. The summed E-state index contributed by atoms with van der Waals surface area (Å²) in [6.45, 7) is -0.619. The minimum atomic E-state index is -1.22. The number of amides is 1. The monoisotopic (exact) mass is 394 g/mol. The minimum absolute atomic E-state index is 0.349. The maximum Gasteiger partial charge on any atom is 0.322 e. The maximum atomic E-state index is 13.6. The Hall–Kier alpha value is -3.35. The van der Waals surface area contributed by atoms with Crippen LogP contribution in [0.3, 0.4) is 0 Å². The van der Waals surface area contributed by atoms with Gasteiger partial charge in [-0.05, 0) is 30.5 Å². The summed E-state index contributed by atoms with van der Waals surface area (Å²) in [6.07, 6.45) is 3.81. The molecule has 1 amide bonds. The number of nitrogens with one attached hydrogen (secondary N) is 1. The second kappa shape index (κ2) is 7.24. The van der Waals surface area contributed by atoms with Crippen molar-refractivity contribution in [3.8, 4) is 11.3 Å². The summed E-state index contributed by atoms with van der Waals surface area (Å²) in [5, 5.41) is 21.9. The van der Waals surface area contributed by atoms with Crippen LogP contribution in [0.1, 0.15) is 37.8 Å². The van der Waals surface area contributed by atoms with E-state index in [1.807, 2.05) is 41.0 Å². The number of nitrogens with zero attached hydrogens (tertiary/aromatic N) is 1. The van der Waals surface area contributed by atoms with Gasteiger partial charge >= 0.3 is 5.97 Å². The smallest absolute Gasteiger partial charge is 0.322 e. The van der Waals surface area contributed by atoms with Gasteiger partial charge in [0.05, 0.1) is 5.69 Å². The third kappa shape index (κ3) is 3.03. The Morgan fingerprint density at radius 1 is 1.00 bits per heavy atom. The molecule has 1 spiro atoms. The number of carbonyl (C=O) groups is 3. The molecule has 0 bridgehead atoms. The molecule has 150 valence electrons. The topological polar surface area (TPSA) is 109 Å². The highest BCUT2D eigenvalue weighted by Gasteiger charge is 2.50. The van der Waals surface area contributed by atoms with E-state index in [0.29, 0.717) is 18.5 Å². The van der Waals surface area contributed by atoms with Gasteiger partial charge in [-0.3, -0.25) is 14.4 Å². The second-order valence-electron chi connectivity index (χ2n) is 7.53. The summed E-state index contributed by atoms with van der Waals surface area (Å²) in [6, 6.07) is 13.2. The van der Waals surface area contributed by atoms with Crippen LogP contribution in [0.5, 0.6) is 0 Å². The number of hydrogen-bond donors (Lipinski definition) is 3. The number of carbonyl (C=O) groups excluding carboxylic acids is 2. The molecule has 0 unspecified atom stereocenters. The van der Waals surface area contributed by atoms with Crippen LogP contribution in [0.15, 0.2) is 48.0 Å². The molecule has 7 nitrogen and oxygen atoms in total. The largest absolute Gasteiger partial charge is 0.505 e. The zero-order valence-electron chi connectivity index (χ0n) is 15.9. The Balaban J connectivity index is 1.89. The average molecular weight is 394 g/mol. The van der Waals surface area contributed by atoms with Crippen LogP contribution in [-0.4, -0.2) is 39.0 Å². The molecule has 2 heterocycles. The van der Waals surface area contributed by atoms with Crippen LogP contribution < -0.4 is 5.32 Å². The SMILES string of the molecule is O=C(O)CNC(=O)C1=C(O)c2ccc(-c3ccccc3)n2C2(CCCCC2)C1=O. The molecule has 1 fully saturated rings. The number of aliphatic carboxylic acids is 1. The lowest BCUT2D eigenvalue weighted by atomic mass is 9.73. The molecule has 1 aliphatic heterocycles. The van der Waals surface area contributed by atoms with Gasteiger partial charge in [-0.25, -0.2) is 0 Å². The number of rotatable bonds is 4. The molecular weight excluding hydrogens is 372 g/mol. The van der Waals surface area contributed by atoms with Gasteiger partial charge in [0.1, 0.15) is 17.7 Å². The van der Waals surface area contributed by atoms with Gasteiger partial charge in [-0.1, -0.05) is 49.6 Å². The summed E-state index contributed by atoms with van der Waals surface area (Å²) in [5.74, 6) is -2.92. The number of aliphatic hydroxyl groups is 1. The number of fused-ring (bicyclic) bond motifs is 2. The molecule has 0 radical (unpaired) electrons. The van der Waals surface area contributed by atoms with Gasteiger partial charge in [0, 0.05) is 5.69 Å². The van der Waals surface area contributed by atoms with E-state index in [-0.39, 0.29) is 5.57 Å². The molecule has 1 saturated carbocycles. The quantitative estimate of drug-likeness (QED) is 0.691. The molecule has 4 rings (SSSR count). The molecule has 3 N–H and O–H groups in total. The summed E-state index contributed by atoms with van der Waals surface area (Å²) in [5.41, 5.74) is 0.837. The standard InChI is InChI=1S/C22H22N2O5/c25-17(26)13-23-21(29)18-19(27)16-10-9-15(14-7-3-1-4-8-14)24(16)22(20(18)28)11-5-2-6-12-22/h1,3-4,7-10,27H,2,5-6,11-13H2,(H,23,29)(H,25,26). The van der Waals surface area contributed by atoms with Crippen LogP contribution in [0, 0.1) is 0 Å². The zero-order valence-corrected chi connectivity index (χ0v) is 15.9. The number of aliphatic hydroxyl groups excluding tert-OH is 1. The van der Waals surface area contributed by atoms with Crippen LogP contribution in [0.25, 0.3) is 17.0 Å². The summed E-state index contributed by atoms with van der Waals surface area (Å²) in [4.78, 5) is 37.0. The Kier molecular flexibility index (Phi) is 4.74. The van der Waals surface area contributed by atoms with Crippen molar-refractivity contribution in [2.75, 3.05) is 6.54 Å². The van der Waals surface area contributed by atoms with Gasteiger partial charge in [0.2, 0.25) is 0 Å². The molecule has 1 aliphatic carbocycles. The number of carboxylic acid groups (broad SMARTS) is 1. The van der Waals surface area contributed by atoms with Gasteiger partial charge in [-0.15, -0.1) is 0 Å². The lowest BCUT2D eigenvalue weighted by molar-refractivity contribution is -0.138. The first-order valence-electron chi connectivity index (χ1n) is 9.72. The van der Waals surface area contributed by atoms with E-state index in [1.54, 1.807) is 6.07 Å². The molecule has 7 heteroatoms. The van der Waals surface area contributed by atoms with E-state index in [0.717, 1.165) is 30.5 Å². The Labute approximate surface area is 167 Å². The van der Waals surface area contributed by atoms with Crippen molar-refractivity contribution in [1.29, 1.82) is 0 Å². The maximum absolute atomic E-state index is 13.6. The van der Waals surface area contributed by atoms with Crippen molar-refractivity contribution < 1.29 is 24.6 Å². The fraction of sp³-hybridized carbons (Fsp3) is 0.318. The number of ketones is 1. The first kappa shape index (κ1) is 19.0. The Morgan fingerprint density at radius 2 is 1.66 bits per heavy atom. The van der Waals surface area contributed by atoms with Gasteiger partial charge < -0.3 is 20.1 Å². The lowest BCUT2D eigenvalue weighted by Gasteiger charge is -2.42. The summed E-state index contributed by atoms with van der Waals surface area (Å²) in [7, 11) is 0. The molecule has 0 saturated heterocycles. The highest BCUT2D eigenvalue weighted by molar-refractivity contribution is 6.27. The van der Waals surface area contributed by atoms with E-state index in [2.05, 4.69) is 5.32 Å². The van der Waals surface area contributed by atoms with Crippen LogP contribution >= 0.6 is 0 Å². The Bertz CT molecular complexity index is 1010. The molecule has 0 atom stereocenters. The van der Waals surface area contributed by atoms with Crippen molar-refractivity contribution in [2.24, 2.45) is 0 Å². The average Bonchev–Trinajstić information content (AvgIpc) is 3.19. The van der Waals surface area contributed by atoms with Crippen molar-refractivity contribution in [3.05, 3.63) is 53.7 Å². The molecule has 1 aromatic heterocycles. The lowest BCUT2D eigenvalue weighted by Crippen LogP contribution is -2.50. The summed E-state index contributed by atoms with van der Waals surface area (Å²) >= 11 is 0. The fourth-order valence-electron chi connectivity index (χ4n) is 4.53. The van der Waals surface area contributed by atoms with Crippen molar-refractivity contribution in [3.63, 3.8) is 0 Å². The number of aromatic nitrogens is 1. The van der Waals surface area contributed by atoms with Crippen molar-refractivity contribution in [2.45, 2.75) is 37.6 Å². The predicted octanol–water partition coefficient (Wildman–Crippen LogP) is 2.87. The first-order chi connectivity index (χ1) is 14.0. The molecule has 2 aliphatic rings.